The fourth-order valence-electron chi connectivity index (χ4n) is 3.39. The van der Waals surface area contributed by atoms with Gasteiger partial charge in [-0.1, -0.05) is 6.92 Å². The second kappa shape index (κ2) is 7.38. The average molecular weight is 285 g/mol. The molecule has 1 heterocycles. The van der Waals surface area contributed by atoms with Crippen LogP contribution in [-0.2, 0) is 4.79 Å². The Hall–Kier alpha value is -0.650. The number of likely N-dealkylation sites (N-methyl/N-ethyl adjacent to an activating group) is 2. The summed E-state index contributed by atoms with van der Waals surface area (Å²) in [6.45, 7) is 8.73. The van der Waals surface area contributed by atoms with Gasteiger partial charge in [0.25, 0.3) is 0 Å². The van der Waals surface area contributed by atoms with Crippen LogP contribution in [0.4, 0.5) is 0 Å². The molecule has 0 aromatic carbocycles. The molecule has 3 atom stereocenters. The number of hydrogen-bond donors (Lipinski definition) is 2. The Morgan fingerprint density at radius 3 is 2.70 bits per heavy atom. The third-order valence-corrected chi connectivity index (χ3v) is 4.31. The van der Waals surface area contributed by atoms with Gasteiger partial charge < -0.3 is 15.3 Å². The van der Waals surface area contributed by atoms with Gasteiger partial charge in [0.05, 0.1) is 0 Å². The molecule has 1 saturated heterocycles. The number of hydrogen-bond acceptors (Lipinski definition) is 4. The SMILES string of the molecule is CCNC(C)(CC(C)N1CCCC1CN(C)C)C(=O)O. The first kappa shape index (κ1) is 17.4. The Labute approximate surface area is 123 Å². The van der Waals surface area contributed by atoms with E-state index in [2.05, 4.69) is 36.1 Å². The number of carbonyl (C=O) groups is 1. The number of aliphatic carboxylic acids is 1. The minimum Gasteiger partial charge on any atom is -0.480 e. The van der Waals surface area contributed by atoms with Gasteiger partial charge in [-0.15, -0.1) is 0 Å². The lowest BCUT2D eigenvalue weighted by Crippen LogP contribution is -2.54. The van der Waals surface area contributed by atoms with Crippen molar-refractivity contribution in [2.45, 2.75) is 57.7 Å². The van der Waals surface area contributed by atoms with Gasteiger partial charge in [0.2, 0.25) is 0 Å². The van der Waals surface area contributed by atoms with Crippen LogP contribution in [0.15, 0.2) is 0 Å². The number of carboxylic acid groups (broad SMARTS) is 1. The fraction of sp³-hybridized carbons (Fsp3) is 0.933. The van der Waals surface area contributed by atoms with Crippen molar-refractivity contribution in [2.75, 3.05) is 33.7 Å². The van der Waals surface area contributed by atoms with Crippen molar-refractivity contribution in [2.24, 2.45) is 0 Å². The smallest absolute Gasteiger partial charge is 0.323 e. The summed E-state index contributed by atoms with van der Waals surface area (Å²) in [4.78, 5) is 16.2. The fourth-order valence-corrected chi connectivity index (χ4v) is 3.39. The number of carboxylic acids is 1. The molecule has 118 valence electrons. The lowest BCUT2D eigenvalue weighted by Gasteiger charge is -2.37. The maximum atomic E-state index is 11.5. The molecule has 0 aromatic heterocycles. The second-order valence-corrected chi connectivity index (χ2v) is 6.52. The molecular formula is C15H31N3O2. The quantitative estimate of drug-likeness (QED) is 0.703. The zero-order chi connectivity index (χ0) is 15.3. The lowest BCUT2D eigenvalue weighted by molar-refractivity contribution is -0.145. The van der Waals surface area contributed by atoms with Crippen LogP contribution in [0, 0.1) is 0 Å². The molecule has 3 unspecified atom stereocenters. The Morgan fingerprint density at radius 2 is 2.20 bits per heavy atom. The normalized spacial score (nSPS) is 24.8. The van der Waals surface area contributed by atoms with Gasteiger partial charge in [-0.05, 0) is 60.3 Å². The van der Waals surface area contributed by atoms with Crippen molar-refractivity contribution in [3.63, 3.8) is 0 Å². The molecule has 0 aliphatic carbocycles. The van der Waals surface area contributed by atoms with E-state index in [0.717, 1.165) is 13.1 Å². The van der Waals surface area contributed by atoms with Crippen LogP contribution in [-0.4, -0.2) is 72.2 Å². The molecule has 5 heteroatoms. The third-order valence-electron chi connectivity index (χ3n) is 4.31. The lowest BCUT2D eigenvalue weighted by atomic mass is 9.92. The summed E-state index contributed by atoms with van der Waals surface area (Å²) in [5, 5.41) is 12.6. The molecule has 5 nitrogen and oxygen atoms in total. The molecule has 0 amide bonds. The van der Waals surface area contributed by atoms with Gasteiger partial charge in [0.1, 0.15) is 5.54 Å². The highest BCUT2D eigenvalue weighted by atomic mass is 16.4. The predicted octanol–water partition coefficient (Wildman–Crippen LogP) is 1.24. The minimum absolute atomic E-state index is 0.280. The monoisotopic (exact) mass is 285 g/mol. The van der Waals surface area contributed by atoms with Gasteiger partial charge in [-0.2, -0.15) is 0 Å². The van der Waals surface area contributed by atoms with E-state index in [1.165, 1.54) is 12.8 Å². The number of nitrogens with one attached hydrogen (secondary N) is 1. The molecule has 0 saturated carbocycles. The molecule has 2 N–H and O–H groups in total. The Kier molecular flexibility index (Phi) is 6.43. The van der Waals surface area contributed by atoms with Crippen molar-refractivity contribution < 1.29 is 9.90 Å². The van der Waals surface area contributed by atoms with Crippen LogP contribution < -0.4 is 5.32 Å². The first-order valence-corrected chi connectivity index (χ1v) is 7.69. The summed E-state index contributed by atoms with van der Waals surface area (Å²) in [6.07, 6.45) is 3.07. The van der Waals surface area contributed by atoms with Crippen LogP contribution >= 0.6 is 0 Å². The molecular weight excluding hydrogens is 254 g/mol. The van der Waals surface area contributed by atoms with E-state index in [9.17, 15) is 9.90 Å². The number of nitrogens with zero attached hydrogens (tertiary/aromatic N) is 2. The van der Waals surface area contributed by atoms with E-state index < -0.39 is 11.5 Å². The molecule has 0 bridgehead atoms. The van der Waals surface area contributed by atoms with Gasteiger partial charge in [0, 0.05) is 18.6 Å². The topological polar surface area (TPSA) is 55.8 Å². The van der Waals surface area contributed by atoms with Crippen LogP contribution in [0.2, 0.25) is 0 Å². The zero-order valence-corrected chi connectivity index (χ0v) is 13.6. The van der Waals surface area contributed by atoms with Crippen molar-refractivity contribution >= 4 is 5.97 Å². The molecule has 20 heavy (non-hydrogen) atoms. The zero-order valence-electron chi connectivity index (χ0n) is 13.6. The molecule has 0 radical (unpaired) electrons. The maximum absolute atomic E-state index is 11.5. The average Bonchev–Trinajstić information content (AvgIpc) is 2.76. The maximum Gasteiger partial charge on any atom is 0.323 e. The highest BCUT2D eigenvalue weighted by Gasteiger charge is 2.37. The summed E-state index contributed by atoms with van der Waals surface area (Å²) in [6, 6.07) is 0.835. The summed E-state index contributed by atoms with van der Waals surface area (Å²) in [5.41, 5.74) is -0.834. The number of rotatable bonds is 8. The highest BCUT2D eigenvalue weighted by Crippen LogP contribution is 2.25. The molecule has 0 aromatic rings. The third kappa shape index (κ3) is 4.43. The van der Waals surface area contributed by atoms with Gasteiger partial charge in [-0.25, -0.2) is 0 Å². The molecule has 1 rings (SSSR count). The van der Waals surface area contributed by atoms with Crippen molar-refractivity contribution in [3.8, 4) is 0 Å². The molecule has 1 aliphatic rings. The van der Waals surface area contributed by atoms with E-state index in [0.29, 0.717) is 19.0 Å². The van der Waals surface area contributed by atoms with E-state index in [-0.39, 0.29) is 6.04 Å². The van der Waals surface area contributed by atoms with Crippen molar-refractivity contribution in [1.29, 1.82) is 0 Å². The van der Waals surface area contributed by atoms with Crippen molar-refractivity contribution in [3.05, 3.63) is 0 Å². The minimum atomic E-state index is -0.834. The Bertz CT molecular complexity index is 322. The summed E-state index contributed by atoms with van der Waals surface area (Å²) in [7, 11) is 4.20. The molecule has 0 spiro atoms. The summed E-state index contributed by atoms with van der Waals surface area (Å²) in [5.74, 6) is -0.755. The van der Waals surface area contributed by atoms with Gasteiger partial charge >= 0.3 is 5.97 Å². The number of likely N-dealkylation sites (tertiary alicyclic amines) is 1. The second-order valence-electron chi connectivity index (χ2n) is 6.52. The van der Waals surface area contributed by atoms with E-state index in [4.69, 9.17) is 0 Å². The van der Waals surface area contributed by atoms with E-state index >= 15 is 0 Å². The summed E-state index contributed by atoms with van der Waals surface area (Å²) < 4.78 is 0. The van der Waals surface area contributed by atoms with Crippen LogP contribution in [0.1, 0.15) is 40.0 Å². The Morgan fingerprint density at radius 1 is 1.55 bits per heavy atom. The molecule has 1 fully saturated rings. The van der Waals surface area contributed by atoms with Gasteiger partial charge in [0.15, 0.2) is 0 Å². The van der Waals surface area contributed by atoms with E-state index in [1.807, 2.05) is 6.92 Å². The van der Waals surface area contributed by atoms with E-state index in [1.54, 1.807) is 6.92 Å². The van der Waals surface area contributed by atoms with Crippen molar-refractivity contribution in [1.82, 2.24) is 15.1 Å². The summed E-state index contributed by atoms with van der Waals surface area (Å²) >= 11 is 0. The predicted molar refractivity (Wildman–Crippen MR) is 82.1 cm³/mol. The van der Waals surface area contributed by atoms with Crippen LogP contribution in [0.3, 0.4) is 0 Å². The molecule has 1 aliphatic heterocycles. The Balaban J connectivity index is 2.68. The first-order valence-electron chi connectivity index (χ1n) is 7.69. The largest absolute Gasteiger partial charge is 0.480 e. The first-order chi connectivity index (χ1) is 9.30. The van der Waals surface area contributed by atoms with Gasteiger partial charge in [-0.3, -0.25) is 9.69 Å². The standard InChI is InChI=1S/C15H31N3O2/c1-6-16-15(3,14(19)20)10-12(2)18-9-7-8-13(18)11-17(4)5/h12-13,16H,6-11H2,1-5H3,(H,19,20). The highest BCUT2D eigenvalue weighted by molar-refractivity contribution is 5.78. The van der Waals surface area contributed by atoms with Crippen LogP contribution in [0.25, 0.3) is 0 Å². The van der Waals surface area contributed by atoms with Crippen LogP contribution in [0.5, 0.6) is 0 Å².